The summed E-state index contributed by atoms with van der Waals surface area (Å²) < 4.78 is 0. The lowest BCUT2D eigenvalue weighted by molar-refractivity contribution is -0.384. The van der Waals surface area contributed by atoms with Gasteiger partial charge in [0.2, 0.25) is 0 Å². The van der Waals surface area contributed by atoms with E-state index in [-0.39, 0.29) is 33.6 Å². The zero-order chi connectivity index (χ0) is 21.0. The van der Waals surface area contributed by atoms with Gasteiger partial charge < -0.3 is 0 Å². The van der Waals surface area contributed by atoms with Crippen LogP contribution in [0.25, 0.3) is 10.8 Å². The van der Waals surface area contributed by atoms with E-state index in [9.17, 15) is 14.9 Å². The second kappa shape index (κ2) is 6.59. The van der Waals surface area contributed by atoms with Crippen molar-refractivity contribution in [3.05, 3.63) is 81.9 Å². The Balaban J connectivity index is 1.81. The van der Waals surface area contributed by atoms with Gasteiger partial charge in [-0.1, -0.05) is 56.3 Å². The van der Waals surface area contributed by atoms with Crippen molar-refractivity contribution in [2.75, 3.05) is 0 Å². The number of rotatable bonds is 2. The second-order valence-electron chi connectivity index (χ2n) is 9.11. The van der Waals surface area contributed by atoms with Crippen LogP contribution in [0.15, 0.2) is 65.7 Å². The SMILES string of the molecule is CC1(C)CC(=O)C2C(=Nc3ccc4ccccc4c3C2c2cccc([N+](=O)[O-])c2)C1. The number of nitro groups is 1. The molecule has 0 radical (unpaired) electrons. The quantitative estimate of drug-likeness (QED) is 0.394. The summed E-state index contributed by atoms with van der Waals surface area (Å²) in [5, 5.41) is 13.6. The van der Waals surface area contributed by atoms with E-state index in [0.717, 1.165) is 39.7 Å². The maximum Gasteiger partial charge on any atom is 0.269 e. The first kappa shape index (κ1) is 18.7. The molecule has 3 aromatic carbocycles. The van der Waals surface area contributed by atoms with Gasteiger partial charge >= 0.3 is 0 Å². The van der Waals surface area contributed by atoms with Gasteiger partial charge in [-0.3, -0.25) is 19.9 Å². The molecule has 3 aromatic rings. The minimum absolute atomic E-state index is 0.0435. The molecule has 5 nitrogen and oxygen atoms in total. The van der Waals surface area contributed by atoms with E-state index in [1.54, 1.807) is 12.1 Å². The van der Waals surface area contributed by atoms with Crippen molar-refractivity contribution in [1.29, 1.82) is 0 Å². The molecule has 2 aliphatic rings. The lowest BCUT2D eigenvalue weighted by atomic mass is 9.63. The molecule has 0 aromatic heterocycles. The highest BCUT2D eigenvalue weighted by Gasteiger charge is 2.46. The molecule has 2 unspecified atom stereocenters. The summed E-state index contributed by atoms with van der Waals surface area (Å²) in [5.74, 6) is -0.486. The summed E-state index contributed by atoms with van der Waals surface area (Å²) in [7, 11) is 0. The maximum absolute atomic E-state index is 13.4. The van der Waals surface area contributed by atoms with Gasteiger partial charge in [-0.25, -0.2) is 0 Å². The van der Waals surface area contributed by atoms with E-state index in [2.05, 4.69) is 26.0 Å². The number of non-ortho nitro benzene ring substituents is 1. The van der Waals surface area contributed by atoms with Crippen molar-refractivity contribution in [3.8, 4) is 0 Å². The third-order valence-electron chi connectivity index (χ3n) is 6.31. The number of nitrogens with zero attached hydrogens (tertiary/aromatic N) is 2. The summed E-state index contributed by atoms with van der Waals surface area (Å²) in [6.45, 7) is 4.20. The number of Topliss-reactive ketones (excluding diaryl/α,β-unsaturated/α-hetero) is 1. The topological polar surface area (TPSA) is 72.6 Å². The van der Waals surface area contributed by atoms with Crippen molar-refractivity contribution in [1.82, 2.24) is 0 Å². The van der Waals surface area contributed by atoms with E-state index in [1.165, 1.54) is 6.07 Å². The van der Waals surface area contributed by atoms with E-state index >= 15 is 0 Å². The number of hydrogen-bond acceptors (Lipinski definition) is 4. The highest BCUT2D eigenvalue weighted by atomic mass is 16.6. The molecule has 1 saturated carbocycles. The smallest absolute Gasteiger partial charge is 0.269 e. The van der Waals surface area contributed by atoms with Crippen molar-refractivity contribution in [3.63, 3.8) is 0 Å². The molecule has 0 saturated heterocycles. The molecular weight excluding hydrogens is 376 g/mol. The number of ketones is 1. The van der Waals surface area contributed by atoms with Gasteiger partial charge in [0.25, 0.3) is 5.69 Å². The minimum atomic E-state index is -0.378. The Morgan fingerprint density at radius 2 is 1.80 bits per heavy atom. The molecule has 1 aliphatic heterocycles. The Morgan fingerprint density at radius 1 is 1.00 bits per heavy atom. The largest absolute Gasteiger partial charge is 0.299 e. The summed E-state index contributed by atoms with van der Waals surface area (Å²) in [4.78, 5) is 29.4. The molecule has 5 heteroatoms. The van der Waals surface area contributed by atoms with Crippen LogP contribution in [0.2, 0.25) is 0 Å². The van der Waals surface area contributed by atoms with Crippen LogP contribution in [0.4, 0.5) is 11.4 Å². The van der Waals surface area contributed by atoms with Crippen molar-refractivity contribution < 1.29 is 9.72 Å². The number of carbonyl (C=O) groups excluding carboxylic acids is 1. The Bertz CT molecular complexity index is 1240. The molecule has 1 fully saturated rings. The van der Waals surface area contributed by atoms with Crippen molar-refractivity contribution in [2.24, 2.45) is 16.3 Å². The number of fused-ring (bicyclic) bond motifs is 4. The predicted molar refractivity (Wildman–Crippen MR) is 117 cm³/mol. The van der Waals surface area contributed by atoms with Gasteiger partial charge in [-0.15, -0.1) is 0 Å². The van der Waals surface area contributed by atoms with Crippen LogP contribution in [-0.2, 0) is 4.79 Å². The monoisotopic (exact) mass is 398 g/mol. The maximum atomic E-state index is 13.4. The number of benzene rings is 3. The van der Waals surface area contributed by atoms with Crippen LogP contribution in [0.5, 0.6) is 0 Å². The highest BCUT2D eigenvalue weighted by molar-refractivity contribution is 6.12. The van der Waals surface area contributed by atoms with Gasteiger partial charge in [0.15, 0.2) is 0 Å². The van der Waals surface area contributed by atoms with Crippen LogP contribution >= 0.6 is 0 Å². The van der Waals surface area contributed by atoms with Crippen LogP contribution < -0.4 is 0 Å². The van der Waals surface area contributed by atoms with E-state index < -0.39 is 0 Å². The van der Waals surface area contributed by atoms with Crippen LogP contribution in [0, 0.1) is 21.4 Å². The summed E-state index contributed by atoms with van der Waals surface area (Å²) in [6.07, 6.45) is 1.24. The van der Waals surface area contributed by atoms with Crippen LogP contribution in [0.3, 0.4) is 0 Å². The molecule has 30 heavy (non-hydrogen) atoms. The Hall–Kier alpha value is -3.34. The molecule has 1 heterocycles. The van der Waals surface area contributed by atoms with E-state index in [4.69, 9.17) is 4.99 Å². The fourth-order valence-electron chi connectivity index (χ4n) is 5.14. The second-order valence-corrected chi connectivity index (χ2v) is 9.11. The minimum Gasteiger partial charge on any atom is -0.299 e. The molecule has 5 rings (SSSR count). The molecular formula is C25H22N2O3. The summed E-state index contributed by atoms with van der Waals surface area (Å²) in [5.41, 5.74) is 3.47. The first-order valence-corrected chi connectivity index (χ1v) is 10.2. The average molecular weight is 398 g/mol. The number of carbonyl (C=O) groups is 1. The number of nitro benzene ring substituents is 1. The fourth-order valence-corrected chi connectivity index (χ4v) is 5.14. The van der Waals surface area contributed by atoms with Gasteiger partial charge in [-0.2, -0.15) is 0 Å². The zero-order valence-corrected chi connectivity index (χ0v) is 17.0. The third-order valence-corrected chi connectivity index (χ3v) is 6.31. The molecule has 0 spiro atoms. The Labute approximate surface area is 174 Å². The molecule has 2 atom stereocenters. The van der Waals surface area contributed by atoms with E-state index in [0.29, 0.717) is 6.42 Å². The number of hydrogen-bond donors (Lipinski definition) is 0. The molecule has 150 valence electrons. The summed E-state index contributed by atoms with van der Waals surface area (Å²) >= 11 is 0. The molecule has 1 aliphatic carbocycles. The standard InChI is InChI=1S/C25H22N2O3/c1-25(2)13-20-24(21(28)14-25)22(16-7-5-8-17(12-16)27(29)30)23-18-9-4-3-6-15(18)10-11-19(23)26-20/h3-12,22,24H,13-14H2,1-2H3. The Morgan fingerprint density at radius 3 is 2.60 bits per heavy atom. The fraction of sp³-hybridized carbons (Fsp3) is 0.280. The summed E-state index contributed by atoms with van der Waals surface area (Å²) in [6, 6.07) is 18.9. The highest BCUT2D eigenvalue weighted by Crippen LogP contribution is 2.51. The van der Waals surface area contributed by atoms with Gasteiger partial charge in [0, 0.05) is 30.2 Å². The molecule has 0 amide bonds. The average Bonchev–Trinajstić information content (AvgIpc) is 2.71. The number of aliphatic imine (C=N–C) groups is 1. The van der Waals surface area contributed by atoms with E-state index in [1.807, 2.05) is 30.3 Å². The van der Waals surface area contributed by atoms with Crippen molar-refractivity contribution >= 4 is 33.6 Å². The molecule has 0 bridgehead atoms. The lowest BCUT2D eigenvalue weighted by Crippen LogP contribution is -2.42. The first-order chi connectivity index (χ1) is 14.3. The lowest BCUT2D eigenvalue weighted by Gasteiger charge is -2.41. The zero-order valence-electron chi connectivity index (χ0n) is 17.0. The molecule has 0 N–H and O–H groups in total. The van der Waals surface area contributed by atoms with Gasteiger partial charge in [0.05, 0.1) is 16.5 Å². The first-order valence-electron chi connectivity index (χ1n) is 10.2. The predicted octanol–water partition coefficient (Wildman–Crippen LogP) is 5.97. The van der Waals surface area contributed by atoms with Crippen molar-refractivity contribution in [2.45, 2.75) is 32.6 Å². The van der Waals surface area contributed by atoms with Gasteiger partial charge in [0.1, 0.15) is 5.78 Å². The Kier molecular flexibility index (Phi) is 4.10. The van der Waals surface area contributed by atoms with Gasteiger partial charge in [-0.05, 0) is 39.8 Å². The third kappa shape index (κ3) is 2.93. The van der Waals surface area contributed by atoms with Crippen LogP contribution in [0.1, 0.15) is 43.7 Å². The normalized spacial score (nSPS) is 22.2. The van der Waals surface area contributed by atoms with Crippen LogP contribution in [-0.4, -0.2) is 16.4 Å².